The fourth-order valence-corrected chi connectivity index (χ4v) is 6.49. The van der Waals surface area contributed by atoms with Gasteiger partial charge in [-0.15, -0.1) is 0 Å². The molecule has 12 nitrogen and oxygen atoms in total. The molecule has 4 amide bonds. The van der Waals surface area contributed by atoms with Crippen LogP contribution in [0.15, 0.2) is 48.8 Å². The maximum Gasteiger partial charge on any atom is 0.262 e. The average molecular weight is 583 g/mol. The van der Waals surface area contributed by atoms with Gasteiger partial charge in [-0.2, -0.15) is 5.10 Å². The topological polar surface area (TPSA) is 142 Å². The van der Waals surface area contributed by atoms with Crippen LogP contribution in [-0.2, 0) is 9.59 Å². The highest BCUT2D eigenvalue weighted by Crippen LogP contribution is 2.40. The van der Waals surface area contributed by atoms with Crippen molar-refractivity contribution >= 4 is 35.1 Å². The SMILES string of the molecule is O=C1CCC(N2C(=O)c3ccc(NCCCC4CC(n5cc(-c6cccc(N7CCNC7)n6)cn5)C4)cc3C2=O)C(=O)N1. The Hall–Kier alpha value is -4.58. The standard InChI is InChI=1S/C31H34N8O4/c40-28-9-8-26(29(41)36-28)39-30(42)23-7-6-21(15-24(23)31(39)43)33-10-2-3-19-13-22(14-19)38-17-20(16-34-38)25-4-1-5-27(35-25)37-12-11-32-18-37/h1,4-7,15-17,19,22,26,32-33H,2-3,8-14,18H2,(H,36,40,41). The first kappa shape index (κ1) is 27.3. The lowest BCUT2D eigenvalue weighted by Gasteiger charge is -2.35. The lowest BCUT2D eigenvalue weighted by molar-refractivity contribution is -0.136. The molecule has 7 rings (SSSR count). The smallest absolute Gasteiger partial charge is 0.262 e. The number of nitrogens with one attached hydrogen (secondary N) is 3. The van der Waals surface area contributed by atoms with Crippen molar-refractivity contribution in [2.75, 3.05) is 36.5 Å². The molecular formula is C31H34N8O4. The third-order valence-electron chi connectivity index (χ3n) is 8.96. The molecule has 3 fully saturated rings. The van der Waals surface area contributed by atoms with Gasteiger partial charge in [0.05, 0.1) is 35.7 Å². The number of amides is 4. The van der Waals surface area contributed by atoms with Gasteiger partial charge in [0, 0.05) is 43.5 Å². The van der Waals surface area contributed by atoms with Gasteiger partial charge in [0.2, 0.25) is 11.8 Å². The summed E-state index contributed by atoms with van der Waals surface area (Å²) in [6, 6.07) is 10.7. The van der Waals surface area contributed by atoms with Gasteiger partial charge in [-0.1, -0.05) is 6.07 Å². The highest BCUT2D eigenvalue weighted by Gasteiger charge is 2.44. The predicted molar refractivity (Wildman–Crippen MR) is 158 cm³/mol. The normalized spacial score (nSPS) is 23.4. The van der Waals surface area contributed by atoms with Crippen LogP contribution in [0.2, 0.25) is 0 Å². The first-order valence-corrected chi connectivity index (χ1v) is 15.0. The number of carbonyl (C=O) groups excluding carboxylic acids is 4. The summed E-state index contributed by atoms with van der Waals surface area (Å²) in [5.41, 5.74) is 3.32. The zero-order valence-corrected chi connectivity index (χ0v) is 23.8. The second-order valence-corrected chi connectivity index (χ2v) is 11.8. The van der Waals surface area contributed by atoms with Crippen molar-refractivity contribution in [2.45, 2.75) is 50.6 Å². The minimum Gasteiger partial charge on any atom is -0.385 e. The molecule has 1 unspecified atom stereocenters. The maximum absolute atomic E-state index is 13.0. The minimum absolute atomic E-state index is 0.102. The van der Waals surface area contributed by atoms with Crippen LogP contribution < -0.4 is 20.9 Å². The van der Waals surface area contributed by atoms with Gasteiger partial charge >= 0.3 is 0 Å². The summed E-state index contributed by atoms with van der Waals surface area (Å²) in [5, 5.41) is 13.6. The number of rotatable bonds is 9. The van der Waals surface area contributed by atoms with Crippen LogP contribution in [0.4, 0.5) is 11.5 Å². The number of hydrogen-bond acceptors (Lipinski definition) is 9. The van der Waals surface area contributed by atoms with E-state index in [0.717, 1.165) is 79.6 Å². The number of fused-ring (bicyclic) bond motifs is 1. The second-order valence-electron chi connectivity index (χ2n) is 11.8. The van der Waals surface area contributed by atoms with E-state index in [4.69, 9.17) is 4.98 Å². The Morgan fingerprint density at radius 3 is 2.70 bits per heavy atom. The van der Waals surface area contributed by atoms with Crippen LogP contribution in [0.25, 0.3) is 11.3 Å². The van der Waals surface area contributed by atoms with Crippen molar-refractivity contribution in [3.63, 3.8) is 0 Å². The molecule has 0 radical (unpaired) electrons. The molecule has 1 saturated carbocycles. The number of imide groups is 2. The molecule has 222 valence electrons. The Labute approximate surface area is 248 Å². The molecule has 1 atom stereocenters. The highest BCUT2D eigenvalue weighted by atomic mass is 16.2. The van der Waals surface area contributed by atoms with Gasteiger partial charge in [-0.25, -0.2) is 4.98 Å². The maximum atomic E-state index is 13.0. The largest absolute Gasteiger partial charge is 0.385 e. The highest BCUT2D eigenvalue weighted by molar-refractivity contribution is 6.23. The van der Waals surface area contributed by atoms with Crippen LogP contribution in [0.5, 0.6) is 0 Å². The molecule has 2 aromatic heterocycles. The average Bonchev–Trinajstić information content (AvgIpc) is 3.74. The van der Waals surface area contributed by atoms with Gasteiger partial charge in [0.1, 0.15) is 11.9 Å². The number of piperidine rings is 1. The summed E-state index contributed by atoms with van der Waals surface area (Å²) in [4.78, 5) is 57.8. The van der Waals surface area contributed by atoms with E-state index < -0.39 is 23.8 Å². The lowest BCUT2D eigenvalue weighted by Crippen LogP contribution is -2.54. The quantitative estimate of drug-likeness (QED) is 0.256. The van der Waals surface area contributed by atoms with Gasteiger partial charge in [0.25, 0.3) is 11.8 Å². The molecular weight excluding hydrogens is 548 g/mol. The third-order valence-corrected chi connectivity index (χ3v) is 8.96. The van der Waals surface area contributed by atoms with Crippen LogP contribution in [0.3, 0.4) is 0 Å². The molecule has 0 spiro atoms. The predicted octanol–water partition coefficient (Wildman–Crippen LogP) is 2.56. The molecule has 43 heavy (non-hydrogen) atoms. The molecule has 3 aliphatic heterocycles. The van der Waals surface area contributed by atoms with E-state index in [9.17, 15) is 19.2 Å². The molecule has 5 heterocycles. The Balaban J connectivity index is 0.877. The van der Waals surface area contributed by atoms with Crippen molar-refractivity contribution in [1.29, 1.82) is 0 Å². The summed E-state index contributed by atoms with van der Waals surface area (Å²) in [6.45, 7) is 3.52. The van der Waals surface area contributed by atoms with Crippen molar-refractivity contribution in [3.8, 4) is 11.3 Å². The number of hydrogen-bond donors (Lipinski definition) is 3. The molecule has 0 bridgehead atoms. The van der Waals surface area contributed by atoms with Crippen LogP contribution >= 0.6 is 0 Å². The van der Waals surface area contributed by atoms with Crippen LogP contribution in [0, 0.1) is 5.92 Å². The molecule has 12 heteroatoms. The number of aromatic nitrogens is 3. The number of benzene rings is 1. The zero-order chi connectivity index (χ0) is 29.5. The van der Waals surface area contributed by atoms with E-state index in [0.29, 0.717) is 12.0 Å². The van der Waals surface area contributed by atoms with Crippen molar-refractivity contribution in [1.82, 2.24) is 30.3 Å². The van der Waals surface area contributed by atoms with Crippen molar-refractivity contribution < 1.29 is 19.2 Å². The van der Waals surface area contributed by atoms with E-state index in [1.54, 1.807) is 18.2 Å². The zero-order valence-electron chi connectivity index (χ0n) is 23.8. The van der Waals surface area contributed by atoms with Crippen LogP contribution in [0.1, 0.15) is 65.3 Å². The second kappa shape index (κ2) is 11.3. The van der Waals surface area contributed by atoms with E-state index >= 15 is 0 Å². The number of carbonyl (C=O) groups is 4. The lowest BCUT2D eigenvalue weighted by atomic mass is 9.77. The Morgan fingerprint density at radius 1 is 1.02 bits per heavy atom. The van der Waals surface area contributed by atoms with Crippen LogP contribution in [-0.4, -0.2) is 75.6 Å². The number of pyridine rings is 1. The first-order valence-electron chi connectivity index (χ1n) is 15.0. The Kier molecular flexibility index (Phi) is 7.13. The van der Waals surface area contributed by atoms with E-state index in [1.807, 2.05) is 12.3 Å². The third kappa shape index (κ3) is 5.27. The van der Waals surface area contributed by atoms with Gasteiger partial charge in [-0.05, 0) is 68.4 Å². The number of anilines is 2. The molecule has 3 aromatic rings. The van der Waals surface area contributed by atoms with E-state index in [-0.39, 0.29) is 29.9 Å². The first-order chi connectivity index (χ1) is 20.9. The molecule has 1 aliphatic carbocycles. The van der Waals surface area contributed by atoms with Gasteiger partial charge in [0.15, 0.2) is 0 Å². The van der Waals surface area contributed by atoms with Crippen molar-refractivity contribution in [3.05, 3.63) is 59.9 Å². The Morgan fingerprint density at radius 2 is 1.88 bits per heavy atom. The molecule has 2 saturated heterocycles. The fourth-order valence-electron chi connectivity index (χ4n) is 6.49. The molecule has 1 aromatic carbocycles. The summed E-state index contributed by atoms with van der Waals surface area (Å²) in [6.07, 6.45) is 8.53. The summed E-state index contributed by atoms with van der Waals surface area (Å²) >= 11 is 0. The van der Waals surface area contributed by atoms with E-state index in [2.05, 4.69) is 49.0 Å². The number of nitrogens with zero attached hydrogens (tertiary/aromatic N) is 5. The molecule has 3 N–H and O–H groups in total. The minimum atomic E-state index is -0.957. The summed E-state index contributed by atoms with van der Waals surface area (Å²) in [7, 11) is 0. The Bertz CT molecular complexity index is 1590. The van der Waals surface area contributed by atoms with E-state index in [1.165, 1.54) is 0 Å². The molecule has 4 aliphatic rings. The van der Waals surface area contributed by atoms with Crippen molar-refractivity contribution in [2.24, 2.45) is 5.92 Å². The summed E-state index contributed by atoms with van der Waals surface area (Å²) < 4.78 is 2.08. The van der Waals surface area contributed by atoms with Gasteiger partial charge in [-0.3, -0.25) is 39.4 Å². The summed E-state index contributed by atoms with van der Waals surface area (Å²) in [5.74, 6) is -0.343. The fraction of sp³-hybridized carbons (Fsp3) is 0.419. The monoisotopic (exact) mass is 582 g/mol. The van der Waals surface area contributed by atoms with Gasteiger partial charge < -0.3 is 10.2 Å².